The Kier molecular flexibility index (Phi) is 4.73. The Hall–Kier alpha value is -1.46. The molecule has 0 saturated carbocycles. The van der Waals surface area contributed by atoms with E-state index in [1.54, 1.807) is 18.2 Å². The first-order valence-corrected chi connectivity index (χ1v) is 6.92. The average molecular weight is 342 g/mol. The molecular formula is C15H14BrF2NO. The number of hydrogen-bond acceptors (Lipinski definition) is 2. The van der Waals surface area contributed by atoms with Crippen molar-refractivity contribution in [1.29, 1.82) is 0 Å². The molecule has 5 heteroatoms. The third kappa shape index (κ3) is 3.55. The standard InChI is InChI=1S/C15H14BrF2NO/c1-9(19)7-10-3-2-4-12(17)15(10)20-14-6-5-11(16)8-13(14)18/h2-6,8-9H,7,19H2,1H3. The molecule has 0 amide bonds. The smallest absolute Gasteiger partial charge is 0.166 e. The molecule has 2 nitrogen and oxygen atoms in total. The molecule has 0 radical (unpaired) electrons. The van der Waals surface area contributed by atoms with Gasteiger partial charge in [0.1, 0.15) is 0 Å². The van der Waals surface area contributed by atoms with Crippen molar-refractivity contribution < 1.29 is 13.5 Å². The minimum atomic E-state index is -0.561. The van der Waals surface area contributed by atoms with Crippen molar-refractivity contribution in [1.82, 2.24) is 0 Å². The fraction of sp³-hybridized carbons (Fsp3) is 0.200. The van der Waals surface area contributed by atoms with Gasteiger partial charge in [0.25, 0.3) is 0 Å². The second-order valence-electron chi connectivity index (χ2n) is 4.59. The molecule has 0 saturated heterocycles. The number of nitrogens with two attached hydrogens (primary N) is 1. The first-order valence-electron chi connectivity index (χ1n) is 6.13. The van der Waals surface area contributed by atoms with Gasteiger partial charge in [-0.05, 0) is 43.2 Å². The van der Waals surface area contributed by atoms with Crippen LogP contribution < -0.4 is 10.5 Å². The van der Waals surface area contributed by atoms with Crippen LogP contribution in [0.1, 0.15) is 12.5 Å². The van der Waals surface area contributed by atoms with Crippen LogP contribution in [-0.4, -0.2) is 6.04 Å². The van der Waals surface area contributed by atoms with E-state index in [1.165, 1.54) is 18.2 Å². The summed E-state index contributed by atoms with van der Waals surface area (Å²) in [6.07, 6.45) is 0.450. The van der Waals surface area contributed by atoms with Crippen LogP contribution in [0.4, 0.5) is 8.78 Å². The van der Waals surface area contributed by atoms with E-state index in [2.05, 4.69) is 15.9 Å². The first-order chi connectivity index (χ1) is 9.47. The number of rotatable bonds is 4. The van der Waals surface area contributed by atoms with Gasteiger partial charge in [0.15, 0.2) is 23.1 Å². The lowest BCUT2D eigenvalue weighted by molar-refractivity contribution is 0.408. The summed E-state index contributed by atoms with van der Waals surface area (Å²) in [5.41, 5.74) is 6.34. The fourth-order valence-corrected chi connectivity index (χ4v) is 2.18. The Morgan fingerprint density at radius 3 is 2.60 bits per heavy atom. The third-order valence-electron chi connectivity index (χ3n) is 2.70. The molecule has 0 aliphatic rings. The summed E-state index contributed by atoms with van der Waals surface area (Å²) in [4.78, 5) is 0. The zero-order valence-corrected chi connectivity index (χ0v) is 12.5. The highest BCUT2D eigenvalue weighted by molar-refractivity contribution is 9.10. The molecule has 0 fully saturated rings. The van der Waals surface area contributed by atoms with Crippen molar-refractivity contribution in [2.45, 2.75) is 19.4 Å². The van der Waals surface area contributed by atoms with Crippen LogP contribution in [0.25, 0.3) is 0 Å². The molecule has 0 aliphatic heterocycles. The second-order valence-corrected chi connectivity index (χ2v) is 5.50. The van der Waals surface area contributed by atoms with Gasteiger partial charge < -0.3 is 10.5 Å². The van der Waals surface area contributed by atoms with Crippen LogP contribution in [0.15, 0.2) is 40.9 Å². The molecule has 0 heterocycles. The Morgan fingerprint density at radius 2 is 1.95 bits per heavy atom. The van der Waals surface area contributed by atoms with E-state index in [-0.39, 0.29) is 17.5 Å². The first kappa shape index (κ1) is 14.9. The molecule has 0 aliphatic carbocycles. The van der Waals surface area contributed by atoms with Crippen LogP contribution in [0, 0.1) is 11.6 Å². The van der Waals surface area contributed by atoms with E-state index in [0.717, 1.165) is 0 Å². The van der Waals surface area contributed by atoms with E-state index in [1.807, 2.05) is 6.92 Å². The SMILES string of the molecule is CC(N)Cc1cccc(F)c1Oc1ccc(Br)cc1F. The van der Waals surface area contributed by atoms with Crippen LogP contribution in [0.3, 0.4) is 0 Å². The molecule has 2 rings (SSSR count). The van der Waals surface area contributed by atoms with Crippen molar-refractivity contribution in [2.75, 3.05) is 0 Å². The lowest BCUT2D eigenvalue weighted by Crippen LogP contribution is -2.18. The minimum absolute atomic E-state index is 0.0195. The van der Waals surface area contributed by atoms with Gasteiger partial charge in [0.2, 0.25) is 0 Å². The lowest BCUT2D eigenvalue weighted by atomic mass is 10.1. The lowest BCUT2D eigenvalue weighted by Gasteiger charge is -2.14. The molecule has 0 spiro atoms. The fourth-order valence-electron chi connectivity index (χ4n) is 1.84. The monoisotopic (exact) mass is 341 g/mol. The molecule has 1 unspecified atom stereocenters. The Morgan fingerprint density at radius 1 is 1.20 bits per heavy atom. The van der Waals surface area contributed by atoms with Crippen molar-refractivity contribution in [2.24, 2.45) is 5.73 Å². The molecule has 106 valence electrons. The number of hydrogen-bond donors (Lipinski definition) is 1. The van der Waals surface area contributed by atoms with Crippen LogP contribution in [-0.2, 0) is 6.42 Å². The molecule has 2 aromatic carbocycles. The summed E-state index contributed by atoms with van der Waals surface area (Å²) >= 11 is 3.16. The van der Waals surface area contributed by atoms with E-state index in [0.29, 0.717) is 16.5 Å². The number of para-hydroxylation sites is 1. The van der Waals surface area contributed by atoms with Crippen LogP contribution in [0.2, 0.25) is 0 Å². The predicted molar refractivity (Wildman–Crippen MR) is 77.9 cm³/mol. The van der Waals surface area contributed by atoms with Crippen LogP contribution >= 0.6 is 15.9 Å². The van der Waals surface area contributed by atoms with Crippen LogP contribution in [0.5, 0.6) is 11.5 Å². The highest BCUT2D eigenvalue weighted by atomic mass is 79.9. The summed E-state index contributed by atoms with van der Waals surface area (Å²) in [7, 11) is 0. The van der Waals surface area contributed by atoms with E-state index in [4.69, 9.17) is 10.5 Å². The van der Waals surface area contributed by atoms with Gasteiger partial charge in [-0.25, -0.2) is 8.78 Å². The van der Waals surface area contributed by atoms with Gasteiger partial charge in [-0.3, -0.25) is 0 Å². The van der Waals surface area contributed by atoms with Gasteiger partial charge in [0, 0.05) is 10.5 Å². The van der Waals surface area contributed by atoms with Gasteiger partial charge >= 0.3 is 0 Å². The molecule has 0 aromatic heterocycles. The Labute approximate surface area is 124 Å². The second kappa shape index (κ2) is 6.33. The maximum absolute atomic E-state index is 13.9. The highest BCUT2D eigenvalue weighted by Crippen LogP contribution is 2.31. The molecule has 20 heavy (non-hydrogen) atoms. The normalized spacial score (nSPS) is 12.2. The van der Waals surface area contributed by atoms with Crippen molar-refractivity contribution in [3.8, 4) is 11.5 Å². The third-order valence-corrected chi connectivity index (χ3v) is 3.19. The summed E-state index contributed by atoms with van der Waals surface area (Å²) < 4.78 is 33.6. The van der Waals surface area contributed by atoms with E-state index in [9.17, 15) is 8.78 Å². The van der Waals surface area contributed by atoms with Crippen molar-refractivity contribution >= 4 is 15.9 Å². The Balaban J connectivity index is 2.37. The topological polar surface area (TPSA) is 35.2 Å². The van der Waals surface area contributed by atoms with E-state index < -0.39 is 11.6 Å². The summed E-state index contributed by atoms with van der Waals surface area (Å²) in [5, 5.41) is 0. The van der Waals surface area contributed by atoms with Gasteiger partial charge in [-0.2, -0.15) is 0 Å². The highest BCUT2D eigenvalue weighted by Gasteiger charge is 2.14. The van der Waals surface area contributed by atoms with Gasteiger partial charge in [0.05, 0.1) is 0 Å². The Bertz CT molecular complexity index is 617. The summed E-state index contributed by atoms with van der Waals surface area (Å²) in [6, 6.07) is 8.77. The number of halogens is 3. The zero-order valence-electron chi connectivity index (χ0n) is 10.9. The molecular weight excluding hydrogens is 328 g/mol. The minimum Gasteiger partial charge on any atom is -0.451 e. The predicted octanol–water partition coefficient (Wildman–Crippen LogP) is 4.41. The average Bonchev–Trinajstić information content (AvgIpc) is 2.35. The summed E-state index contributed by atoms with van der Waals surface area (Å²) in [5.74, 6) is -1.10. The molecule has 1 atom stereocenters. The van der Waals surface area contributed by atoms with Crippen molar-refractivity contribution in [3.63, 3.8) is 0 Å². The zero-order chi connectivity index (χ0) is 14.7. The molecule has 2 N–H and O–H groups in total. The maximum atomic E-state index is 13.9. The summed E-state index contributed by atoms with van der Waals surface area (Å²) in [6.45, 7) is 1.81. The molecule has 0 bridgehead atoms. The largest absolute Gasteiger partial charge is 0.451 e. The van der Waals surface area contributed by atoms with Gasteiger partial charge in [-0.1, -0.05) is 28.1 Å². The number of benzene rings is 2. The molecule has 2 aromatic rings. The van der Waals surface area contributed by atoms with E-state index >= 15 is 0 Å². The quantitative estimate of drug-likeness (QED) is 0.893. The van der Waals surface area contributed by atoms with Gasteiger partial charge in [-0.15, -0.1) is 0 Å². The number of ether oxygens (including phenoxy) is 1. The maximum Gasteiger partial charge on any atom is 0.166 e. The van der Waals surface area contributed by atoms with Crippen molar-refractivity contribution in [3.05, 3.63) is 58.1 Å².